The van der Waals surface area contributed by atoms with Gasteiger partial charge < -0.3 is 15.5 Å². The van der Waals surface area contributed by atoms with Crippen LogP contribution >= 0.6 is 0 Å². The third-order valence-corrected chi connectivity index (χ3v) is 4.22. The summed E-state index contributed by atoms with van der Waals surface area (Å²) in [5, 5.41) is 0. The van der Waals surface area contributed by atoms with Crippen LogP contribution in [0, 0.1) is 0 Å². The van der Waals surface area contributed by atoms with Gasteiger partial charge in [-0.05, 0) is 63.4 Å². The molecule has 1 aromatic carbocycles. The highest BCUT2D eigenvalue weighted by atomic mass is 15.1. The van der Waals surface area contributed by atoms with Crippen LogP contribution in [0.1, 0.15) is 32.6 Å². The van der Waals surface area contributed by atoms with E-state index in [4.69, 9.17) is 5.73 Å². The van der Waals surface area contributed by atoms with Gasteiger partial charge in [0.15, 0.2) is 0 Å². The van der Waals surface area contributed by atoms with Crippen LogP contribution in [0.15, 0.2) is 24.3 Å². The van der Waals surface area contributed by atoms with Gasteiger partial charge in [0, 0.05) is 37.6 Å². The fourth-order valence-electron chi connectivity index (χ4n) is 2.74. The van der Waals surface area contributed by atoms with E-state index < -0.39 is 0 Å². The summed E-state index contributed by atoms with van der Waals surface area (Å²) in [7, 11) is 2.15. The van der Waals surface area contributed by atoms with Crippen molar-refractivity contribution in [2.45, 2.75) is 38.6 Å². The molecule has 3 heteroatoms. The number of benzene rings is 1. The fourth-order valence-corrected chi connectivity index (χ4v) is 2.74. The monoisotopic (exact) mass is 261 g/mol. The van der Waals surface area contributed by atoms with Gasteiger partial charge in [-0.2, -0.15) is 0 Å². The van der Waals surface area contributed by atoms with Crippen LogP contribution in [0.3, 0.4) is 0 Å². The zero-order chi connectivity index (χ0) is 13.7. The van der Waals surface area contributed by atoms with Crippen molar-refractivity contribution in [2.24, 2.45) is 5.73 Å². The van der Waals surface area contributed by atoms with Crippen molar-refractivity contribution in [1.82, 2.24) is 0 Å². The first kappa shape index (κ1) is 14.2. The van der Waals surface area contributed by atoms with Gasteiger partial charge in [-0.25, -0.2) is 0 Å². The number of hydrogen-bond donors (Lipinski definition) is 1. The maximum Gasteiger partial charge on any atom is 0.0367 e. The number of piperidine rings is 1. The number of hydrogen-bond acceptors (Lipinski definition) is 3. The van der Waals surface area contributed by atoms with E-state index in [1.165, 1.54) is 43.7 Å². The molecule has 0 bridgehead atoms. The molecule has 106 valence electrons. The second kappa shape index (κ2) is 6.80. The van der Waals surface area contributed by atoms with Crippen LogP contribution < -0.4 is 15.5 Å². The molecule has 0 amide bonds. The highest BCUT2D eigenvalue weighted by Gasteiger charge is 2.12. The largest absolute Gasteiger partial charge is 0.372 e. The van der Waals surface area contributed by atoms with E-state index in [9.17, 15) is 0 Å². The molecule has 1 saturated heterocycles. The van der Waals surface area contributed by atoms with Crippen molar-refractivity contribution in [2.75, 3.05) is 36.5 Å². The molecule has 0 saturated carbocycles. The van der Waals surface area contributed by atoms with Crippen LogP contribution in [-0.2, 0) is 0 Å². The second-order valence-corrected chi connectivity index (χ2v) is 5.60. The summed E-state index contributed by atoms with van der Waals surface area (Å²) >= 11 is 0. The summed E-state index contributed by atoms with van der Waals surface area (Å²) in [6.07, 6.45) is 5.07. The SMILES string of the molecule is CC(CCN)N(C)c1ccc(N2CCCCC2)cc1. The zero-order valence-electron chi connectivity index (χ0n) is 12.3. The van der Waals surface area contributed by atoms with E-state index in [-0.39, 0.29) is 0 Å². The predicted molar refractivity (Wildman–Crippen MR) is 84.0 cm³/mol. The molecule has 1 aromatic rings. The van der Waals surface area contributed by atoms with Gasteiger partial charge in [-0.1, -0.05) is 0 Å². The summed E-state index contributed by atoms with van der Waals surface area (Å²) in [5.41, 5.74) is 8.28. The quantitative estimate of drug-likeness (QED) is 0.884. The molecule has 0 aromatic heterocycles. The van der Waals surface area contributed by atoms with Gasteiger partial charge in [0.05, 0.1) is 0 Å². The number of nitrogens with zero attached hydrogens (tertiary/aromatic N) is 2. The Kier molecular flexibility index (Phi) is 5.08. The molecule has 1 aliphatic rings. The zero-order valence-corrected chi connectivity index (χ0v) is 12.3. The van der Waals surface area contributed by atoms with E-state index in [0.717, 1.165) is 13.0 Å². The molecule has 1 atom stereocenters. The van der Waals surface area contributed by atoms with Gasteiger partial charge >= 0.3 is 0 Å². The molecule has 1 aliphatic heterocycles. The summed E-state index contributed by atoms with van der Waals surface area (Å²) in [5.74, 6) is 0. The number of rotatable bonds is 5. The summed E-state index contributed by atoms with van der Waals surface area (Å²) in [6, 6.07) is 9.47. The van der Waals surface area contributed by atoms with Crippen molar-refractivity contribution in [3.05, 3.63) is 24.3 Å². The van der Waals surface area contributed by atoms with Crippen LogP contribution in [0.2, 0.25) is 0 Å². The lowest BCUT2D eigenvalue weighted by molar-refractivity contribution is 0.578. The molecule has 19 heavy (non-hydrogen) atoms. The lowest BCUT2D eigenvalue weighted by Gasteiger charge is -2.30. The Morgan fingerprint density at radius 3 is 2.37 bits per heavy atom. The molecule has 0 aliphatic carbocycles. The van der Waals surface area contributed by atoms with E-state index >= 15 is 0 Å². The average molecular weight is 261 g/mol. The first-order valence-corrected chi connectivity index (χ1v) is 7.50. The fraction of sp³-hybridized carbons (Fsp3) is 0.625. The topological polar surface area (TPSA) is 32.5 Å². The second-order valence-electron chi connectivity index (χ2n) is 5.60. The van der Waals surface area contributed by atoms with Crippen molar-refractivity contribution < 1.29 is 0 Å². The van der Waals surface area contributed by atoms with Crippen molar-refractivity contribution in [1.29, 1.82) is 0 Å². The Bertz CT molecular complexity index is 368. The van der Waals surface area contributed by atoms with Crippen LogP contribution in [0.5, 0.6) is 0 Å². The van der Waals surface area contributed by atoms with Gasteiger partial charge in [-0.3, -0.25) is 0 Å². The van der Waals surface area contributed by atoms with E-state index in [0.29, 0.717) is 6.04 Å². The molecule has 1 heterocycles. The lowest BCUT2D eigenvalue weighted by Crippen LogP contribution is -2.31. The van der Waals surface area contributed by atoms with E-state index in [2.05, 4.69) is 48.0 Å². The first-order chi connectivity index (χ1) is 9.22. The minimum Gasteiger partial charge on any atom is -0.372 e. The van der Waals surface area contributed by atoms with Crippen LogP contribution in [0.4, 0.5) is 11.4 Å². The minimum atomic E-state index is 0.492. The van der Waals surface area contributed by atoms with Gasteiger partial charge in [-0.15, -0.1) is 0 Å². The van der Waals surface area contributed by atoms with E-state index in [1.54, 1.807) is 0 Å². The van der Waals surface area contributed by atoms with Crippen LogP contribution in [0.25, 0.3) is 0 Å². The summed E-state index contributed by atoms with van der Waals surface area (Å²) in [4.78, 5) is 4.81. The van der Waals surface area contributed by atoms with Crippen molar-refractivity contribution in [3.63, 3.8) is 0 Å². The maximum atomic E-state index is 5.63. The molecule has 2 N–H and O–H groups in total. The molecule has 0 radical (unpaired) electrons. The highest BCUT2D eigenvalue weighted by molar-refractivity contribution is 5.56. The Labute approximate surface area is 117 Å². The molecule has 0 spiro atoms. The Morgan fingerprint density at radius 2 is 1.79 bits per heavy atom. The molecule has 1 unspecified atom stereocenters. The van der Waals surface area contributed by atoms with Gasteiger partial charge in [0.2, 0.25) is 0 Å². The average Bonchev–Trinajstić information content (AvgIpc) is 2.48. The smallest absolute Gasteiger partial charge is 0.0367 e. The third-order valence-electron chi connectivity index (χ3n) is 4.22. The Hall–Kier alpha value is -1.22. The lowest BCUT2D eigenvalue weighted by atomic mass is 10.1. The minimum absolute atomic E-state index is 0.492. The molecule has 1 fully saturated rings. The number of anilines is 2. The van der Waals surface area contributed by atoms with Crippen molar-refractivity contribution in [3.8, 4) is 0 Å². The third kappa shape index (κ3) is 3.63. The molecular formula is C16H27N3. The normalized spacial score (nSPS) is 17.3. The molecule has 3 nitrogen and oxygen atoms in total. The maximum absolute atomic E-state index is 5.63. The Balaban J connectivity index is 2.01. The van der Waals surface area contributed by atoms with E-state index in [1.807, 2.05) is 0 Å². The predicted octanol–water partition coefficient (Wildman–Crippen LogP) is 2.85. The van der Waals surface area contributed by atoms with Gasteiger partial charge in [0.1, 0.15) is 0 Å². The first-order valence-electron chi connectivity index (χ1n) is 7.50. The Morgan fingerprint density at radius 1 is 1.16 bits per heavy atom. The summed E-state index contributed by atoms with van der Waals surface area (Å²) in [6.45, 7) is 5.39. The highest BCUT2D eigenvalue weighted by Crippen LogP contribution is 2.24. The van der Waals surface area contributed by atoms with Crippen LogP contribution in [-0.4, -0.2) is 32.7 Å². The molecular weight excluding hydrogens is 234 g/mol. The number of nitrogens with two attached hydrogens (primary N) is 1. The molecule has 2 rings (SSSR count). The van der Waals surface area contributed by atoms with Gasteiger partial charge in [0.25, 0.3) is 0 Å². The van der Waals surface area contributed by atoms with Crippen molar-refractivity contribution >= 4 is 11.4 Å². The standard InChI is InChI=1S/C16H27N3/c1-14(10-11-17)18(2)15-6-8-16(9-7-15)19-12-4-3-5-13-19/h6-9,14H,3-5,10-13,17H2,1-2H3. The summed E-state index contributed by atoms with van der Waals surface area (Å²) < 4.78 is 0.